The van der Waals surface area contributed by atoms with E-state index in [9.17, 15) is 0 Å². The van der Waals surface area contributed by atoms with E-state index in [1.807, 2.05) is 24.3 Å². The molecule has 0 amide bonds. The average molecular weight is 386 g/mol. The van der Waals surface area contributed by atoms with Gasteiger partial charge >= 0.3 is 27.5 Å². The van der Waals surface area contributed by atoms with Crippen molar-refractivity contribution in [3.05, 3.63) is 48.6 Å². The van der Waals surface area contributed by atoms with Gasteiger partial charge in [0.2, 0.25) is 0 Å². The molecule has 2 heteroatoms. The Hall–Kier alpha value is -0.101. The van der Waals surface area contributed by atoms with Crippen molar-refractivity contribution in [2.45, 2.75) is 25.7 Å². The maximum atomic E-state index is 4.64. The molecule has 14 heavy (non-hydrogen) atoms. The first-order valence-electron chi connectivity index (χ1n) is 4.56. The fourth-order valence-electron chi connectivity index (χ4n) is 0.965. The molecule has 0 atom stereocenters. The van der Waals surface area contributed by atoms with Crippen LogP contribution >= 0.6 is 9.58 Å². The van der Waals surface area contributed by atoms with Gasteiger partial charge in [0.05, 0.1) is 0 Å². The van der Waals surface area contributed by atoms with Crippen LogP contribution in [0.3, 0.4) is 0 Å². The molecular weight excluding hydrogens is 372 g/mol. The Balaban J connectivity index is 0.000000206. The van der Waals surface area contributed by atoms with Crippen molar-refractivity contribution in [2.75, 3.05) is 0 Å². The van der Waals surface area contributed by atoms with Gasteiger partial charge in [-0.25, -0.2) is 24.3 Å². The number of hydrogen-bond donors (Lipinski definition) is 0. The molecule has 0 radical (unpaired) electrons. The second-order valence-corrected chi connectivity index (χ2v) is 2.68. The maximum absolute atomic E-state index is 4.64. The van der Waals surface area contributed by atoms with Gasteiger partial charge < -0.3 is 0 Å². The molecule has 78 valence electrons. The molecule has 0 saturated carbocycles. The van der Waals surface area contributed by atoms with Gasteiger partial charge in [0.25, 0.3) is 0 Å². The van der Waals surface area contributed by atoms with Gasteiger partial charge in [-0.1, -0.05) is 12.8 Å². The minimum atomic E-state index is 1.11. The van der Waals surface area contributed by atoms with E-state index in [1.165, 1.54) is 30.7 Å². The van der Waals surface area contributed by atoms with Crippen molar-refractivity contribution in [2.24, 2.45) is 0 Å². The second kappa shape index (κ2) is 12.9. The molecule has 0 aromatic rings. The van der Waals surface area contributed by atoms with Crippen LogP contribution in [0.2, 0.25) is 0 Å². The number of halogens is 1. The van der Waals surface area contributed by atoms with E-state index in [0.717, 1.165) is 12.8 Å². The van der Waals surface area contributed by atoms with Crippen LogP contribution in [0.1, 0.15) is 25.7 Å². The first kappa shape index (κ1) is 13.9. The zero-order chi connectivity index (χ0) is 10.5. The molecule has 0 heterocycles. The Bertz CT molecular complexity index is 166. The normalized spacial score (nSPS) is 16.4. The Morgan fingerprint density at radius 2 is 1.29 bits per heavy atom. The number of rotatable bonds is 0. The van der Waals surface area contributed by atoms with Gasteiger partial charge in [-0.15, -0.1) is 12.8 Å². The summed E-state index contributed by atoms with van der Waals surface area (Å²) in [5, 5.41) is 0. The monoisotopic (exact) mass is 386 g/mol. The molecule has 0 nitrogen and oxygen atoms in total. The van der Waals surface area contributed by atoms with Crippen LogP contribution in [0.4, 0.5) is 0 Å². The Kier molecular flexibility index (Phi) is 12.8. The van der Waals surface area contributed by atoms with Crippen LogP contribution in [0, 0.1) is 12.2 Å². The summed E-state index contributed by atoms with van der Waals surface area (Å²) in [6, 6.07) is 0. The third-order valence-electron chi connectivity index (χ3n) is 1.61. The molecule has 0 unspecified atom stereocenters. The van der Waals surface area contributed by atoms with Crippen molar-refractivity contribution in [1.82, 2.24) is 0 Å². The molecule has 2 rings (SSSR count). The van der Waals surface area contributed by atoms with Crippen LogP contribution in [0.25, 0.3) is 0 Å². The third-order valence-corrected chi connectivity index (χ3v) is 1.61. The van der Waals surface area contributed by atoms with Crippen LogP contribution < -0.4 is 0 Å². The van der Waals surface area contributed by atoms with Crippen molar-refractivity contribution >= 4 is 9.58 Å². The molecule has 0 aromatic heterocycles. The van der Waals surface area contributed by atoms with Crippen LogP contribution in [-0.2, 0) is 17.9 Å². The molecule has 0 N–H and O–H groups in total. The summed E-state index contributed by atoms with van der Waals surface area (Å²) in [6.07, 6.45) is 23.0. The summed E-state index contributed by atoms with van der Waals surface area (Å²) in [6.45, 7) is 0. The standard InChI is InChI=1S/2C6H7.ClH.Ir/c2*1-2-4-6-5-3-1;;/h2*1-3H,4,6H2;1H;/q2*-1;;+3/p-1. The predicted octanol–water partition coefficient (Wildman–Crippen LogP) is 4.08. The first-order chi connectivity index (χ1) is 7.00. The molecule has 0 aromatic carbocycles. The van der Waals surface area contributed by atoms with Crippen LogP contribution in [-0.4, -0.2) is 0 Å². The Morgan fingerprint density at radius 1 is 0.857 bits per heavy atom. The fraction of sp³-hybridized carbons (Fsp3) is 0.333. The molecule has 2 aliphatic carbocycles. The summed E-state index contributed by atoms with van der Waals surface area (Å²) in [4.78, 5) is 0. The van der Waals surface area contributed by atoms with E-state index in [2.05, 4.69) is 33.9 Å². The Morgan fingerprint density at radius 3 is 1.36 bits per heavy atom. The number of hydrogen-bond acceptors (Lipinski definition) is 0. The molecule has 0 bridgehead atoms. The van der Waals surface area contributed by atoms with Crippen LogP contribution in [0.15, 0.2) is 36.5 Å². The van der Waals surface area contributed by atoms with Crippen molar-refractivity contribution in [1.29, 1.82) is 0 Å². The fourth-order valence-corrected chi connectivity index (χ4v) is 0.965. The SMILES string of the molecule is [C-]1=CC=CCC1.[C-]1=CC=CCC1.[Cl][Ir+2]. The van der Waals surface area contributed by atoms with Gasteiger partial charge in [0.15, 0.2) is 0 Å². The quantitative estimate of drug-likeness (QED) is 0.551. The predicted molar refractivity (Wildman–Crippen MR) is 58.2 cm³/mol. The summed E-state index contributed by atoms with van der Waals surface area (Å²) in [5.41, 5.74) is 0. The third kappa shape index (κ3) is 9.98. The van der Waals surface area contributed by atoms with E-state index in [4.69, 9.17) is 0 Å². The summed E-state index contributed by atoms with van der Waals surface area (Å²) in [5.74, 6) is 0. The summed E-state index contributed by atoms with van der Waals surface area (Å²) < 4.78 is 0. The van der Waals surface area contributed by atoms with E-state index in [0.29, 0.717) is 0 Å². The molecular formula is C12H14ClIr. The first-order valence-corrected chi connectivity index (χ1v) is 7.53. The van der Waals surface area contributed by atoms with Crippen LogP contribution in [0.5, 0.6) is 0 Å². The van der Waals surface area contributed by atoms with Gasteiger partial charge in [-0.2, -0.15) is 12.2 Å². The Labute approximate surface area is 102 Å². The van der Waals surface area contributed by atoms with E-state index >= 15 is 0 Å². The second-order valence-electron chi connectivity index (χ2n) is 2.68. The van der Waals surface area contributed by atoms with Crippen molar-refractivity contribution in [3.8, 4) is 0 Å². The van der Waals surface area contributed by atoms with E-state index in [-0.39, 0.29) is 0 Å². The molecule has 0 saturated heterocycles. The van der Waals surface area contributed by atoms with Gasteiger partial charge in [0.1, 0.15) is 0 Å². The molecule has 0 aliphatic heterocycles. The zero-order valence-electron chi connectivity index (χ0n) is 8.00. The van der Waals surface area contributed by atoms with E-state index < -0.39 is 0 Å². The number of allylic oxidation sites excluding steroid dienone is 8. The molecule has 0 spiro atoms. The van der Waals surface area contributed by atoms with Crippen molar-refractivity contribution in [3.63, 3.8) is 0 Å². The topological polar surface area (TPSA) is 0 Å². The average Bonchev–Trinajstić information content (AvgIpc) is 2.37. The summed E-state index contributed by atoms with van der Waals surface area (Å²) in [7, 11) is 4.64. The van der Waals surface area contributed by atoms with Gasteiger partial charge in [-0.3, -0.25) is 12.2 Å². The van der Waals surface area contributed by atoms with Gasteiger partial charge in [0, 0.05) is 0 Å². The molecule has 2 aliphatic rings. The van der Waals surface area contributed by atoms with E-state index in [1.54, 1.807) is 0 Å². The zero-order valence-corrected chi connectivity index (χ0v) is 11.2. The van der Waals surface area contributed by atoms with Crippen molar-refractivity contribution < 1.29 is 17.9 Å². The summed E-state index contributed by atoms with van der Waals surface area (Å²) >= 11 is 1.47. The van der Waals surface area contributed by atoms with Gasteiger partial charge in [-0.05, 0) is 0 Å². The minimum absolute atomic E-state index is 1.11. The molecule has 0 fully saturated rings.